The van der Waals surface area contributed by atoms with E-state index in [9.17, 15) is 22.4 Å². The molecule has 12 heteroatoms. The Morgan fingerprint density at radius 2 is 1.93 bits per heavy atom. The molecule has 1 fully saturated rings. The van der Waals surface area contributed by atoms with Gasteiger partial charge in [-0.3, -0.25) is 0 Å². The van der Waals surface area contributed by atoms with E-state index in [1.807, 2.05) is 0 Å². The topological polar surface area (TPSA) is 81.6 Å². The number of aromatic nitrogens is 2. The third-order valence-corrected chi connectivity index (χ3v) is 4.98. The third-order valence-electron chi connectivity index (χ3n) is 3.95. The zero-order chi connectivity index (χ0) is 19.6. The Morgan fingerprint density at radius 3 is 2.52 bits per heavy atom. The summed E-state index contributed by atoms with van der Waals surface area (Å²) < 4.78 is 51.1. The summed E-state index contributed by atoms with van der Waals surface area (Å²) in [6.07, 6.45) is -4.52. The van der Waals surface area contributed by atoms with Gasteiger partial charge in [-0.05, 0) is 17.7 Å². The highest BCUT2D eigenvalue weighted by Gasteiger charge is 2.36. The molecular formula is C15H15F4N5O2S. The molecule has 2 amide bonds. The first-order chi connectivity index (χ1) is 12.7. The second-order valence-corrected chi connectivity index (χ2v) is 6.76. The summed E-state index contributed by atoms with van der Waals surface area (Å²) in [5, 5.41) is 17.7. The van der Waals surface area contributed by atoms with Gasteiger partial charge in [0.25, 0.3) is 0 Å². The number of rotatable bonds is 3. The number of anilines is 1. The smallest absolute Gasteiger partial charge is 0.445 e. The summed E-state index contributed by atoms with van der Waals surface area (Å²) in [6.45, 7) is 1.34. The first-order valence-electron chi connectivity index (χ1n) is 7.90. The Hall–Kier alpha value is -2.63. The Bertz CT molecular complexity index is 821. The number of urea groups is 1. The Kier molecular flexibility index (Phi) is 5.35. The van der Waals surface area contributed by atoms with E-state index in [0.717, 1.165) is 6.07 Å². The fourth-order valence-corrected chi connectivity index (χ4v) is 3.27. The second kappa shape index (κ2) is 7.55. The summed E-state index contributed by atoms with van der Waals surface area (Å²) in [6, 6.07) is 3.45. The van der Waals surface area contributed by atoms with Gasteiger partial charge in [-0.1, -0.05) is 17.4 Å². The fourth-order valence-electron chi connectivity index (χ4n) is 2.51. The van der Waals surface area contributed by atoms with E-state index in [2.05, 4.69) is 15.5 Å². The lowest BCUT2D eigenvalue weighted by Gasteiger charge is -2.34. The number of carbonyl (C=O) groups excluding carboxylic acids is 1. The van der Waals surface area contributed by atoms with Crippen LogP contribution in [-0.2, 0) is 12.7 Å². The number of alkyl halides is 3. The van der Waals surface area contributed by atoms with E-state index in [1.54, 1.807) is 4.90 Å². The number of nitrogens with one attached hydrogen (secondary N) is 1. The third kappa shape index (κ3) is 4.56. The number of aromatic hydroxyl groups is 1. The van der Waals surface area contributed by atoms with Crippen LogP contribution in [0.25, 0.3) is 0 Å². The zero-order valence-electron chi connectivity index (χ0n) is 13.8. The largest absolute Gasteiger partial charge is 0.505 e. The molecule has 2 N–H and O–H groups in total. The van der Waals surface area contributed by atoms with Crippen LogP contribution in [0.3, 0.4) is 0 Å². The predicted molar refractivity (Wildman–Crippen MR) is 89.0 cm³/mol. The minimum atomic E-state index is -4.52. The van der Waals surface area contributed by atoms with Crippen molar-refractivity contribution in [2.45, 2.75) is 12.7 Å². The maximum atomic E-state index is 13.3. The lowest BCUT2D eigenvalue weighted by atomic mass is 10.2. The van der Waals surface area contributed by atoms with Crippen molar-refractivity contribution in [2.24, 2.45) is 0 Å². The molecule has 1 aromatic heterocycles. The summed E-state index contributed by atoms with van der Waals surface area (Å²) in [7, 11) is 0. The second-order valence-electron chi connectivity index (χ2n) is 5.81. The van der Waals surface area contributed by atoms with E-state index < -0.39 is 22.8 Å². The number of nitrogens with zero attached hydrogens (tertiary/aromatic N) is 4. The zero-order valence-corrected chi connectivity index (χ0v) is 14.6. The molecule has 0 unspecified atom stereocenters. The average Bonchev–Trinajstić information content (AvgIpc) is 3.13. The number of benzene rings is 1. The van der Waals surface area contributed by atoms with Crippen LogP contribution in [0.5, 0.6) is 5.75 Å². The van der Waals surface area contributed by atoms with Crippen LogP contribution < -0.4 is 10.2 Å². The molecule has 0 radical (unpaired) electrons. The van der Waals surface area contributed by atoms with Gasteiger partial charge in [0.2, 0.25) is 10.1 Å². The highest BCUT2D eigenvalue weighted by molar-refractivity contribution is 7.15. The van der Waals surface area contributed by atoms with Gasteiger partial charge in [0.15, 0.2) is 11.6 Å². The molecule has 1 saturated heterocycles. The molecule has 0 saturated carbocycles. The number of hydrogen-bond donors (Lipinski definition) is 2. The lowest BCUT2D eigenvalue weighted by molar-refractivity contribution is -0.138. The van der Waals surface area contributed by atoms with E-state index in [-0.39, 0.29) is 17.7 Å². The molecule has 0 bridgehead atoms. The van der Waals surface area contributed by atoms with E-state index >= 15 is 0 Å². The highest BCUT2D eigenvalue weighted by atomic mass is 32.1. The predicted octanol–water partition coefficient (Wildman–Crippen LogP) is 2.43. The SMILES string of the molecule is O=C(NCc1ccc(O)c(F)c1)N1CCN(c2nnc(C(F)(F)F)s2)CC1. The molecule has 0 aliphatic carbocycles. The number of phenolic OH excluding ortho intramolecular Hbond substituents is 1. The number of carbonyl (C=O) groups is 1. The summed E-state index contributed by atoms with van der Waals surface area (Å²) in [5.74, 6) is -1.24. The van der Waals surface area contributed by atoms with Crippen molar-refractivity contribution >= 4 is 22.5 Å². The van der Waals surface area contributed by atoms with Crippen LogP contribution in [0.4, 0.5) is 27.5 Å². The molecule has 1 aromatic carbocycles. The molecular weight excluding hydrogens is 390 g/mol. The van der Waals surface area contributed by atoms with Gasteiger partial charge in [-0.2, -0.15) is 13.2 Å². The summed E-state index contributed by atoms with van der Waals surface area (Å²) in [5.41, 5.74) is 0.492. The number of amides is 2. The molecule has 0 atom stereocenters. The van der Waals surface area contributed by atoms with Gasteiger partial charge in [0, 0.05) is 32.7 Å². The minimum Gasteiger partial charge on any atom is -0.505 e. The van der Waals surface area contributed by atoms with Crippen molar-refractivity contribution in [3.8, 4) is 5.75 Å². The fraction of sp³-hybridized carbons (Fsp3) is 0.400. The molecule has 1 aliphatic heterocycles. The quantitative estimate of drug-likeness (QED) is 0.767. The maximum absolute atomic E-state index is 13.3. The minimum absolute atomic E-state index is 0.0849. The lowest BCUT2D eigenvalue weighted by Crippen LogP contribution is -2.51. The van der Waals surface area contributed by atoms with E-state index in [4.69, 9.17) is 5.11 Å². The summed E-state index contributed by atoms with van der Waals surface area (Å²) >= 11 is 0.470. The summed E-state index contributed by atoms with van der Waals surface area (Å²) in [4.78, 5) is 15.3. The van der Waals surface area contributed by atoms with Gasteiger partial charge >= 0.3 is 12.2 Å². The Balaban J connectivity index is 1.50. The van der Waals surface area contributed by atoms with Crippen LogP contribution >= 0.6 is 11.3 Å². The van der Waals surface area contributed by atoms with Gasteiger partial charge in [0.1, 0.15) is 0 Å². The Labute approximate surface area is 155 Å². The van der Waals surface area contributed by atoms with Crippen LogP contribution in [0.1, 0.15) is 10.6 Å². The molecule has 7 nitrogen and oxygen atoms in total. The van der Waals surface area contributed by atoms with E-state index in [1.165, 1.54) is 17.0 Å². The molecule has 0 spiro atoms. The van der Waals surface area contributed by atoms with E-state index in [0.29, 0.717) is 43.1 Å². The molecule has 27 heavy (non-hydrogen) atoms. The first-order valence-corrected chi connectivity index (χ1v) is 8.71. The van der Waals surface area contributed by atoms with Crippen molar-refractivity contribution in [3.05, 3.63) is 34.6 Å². The number of halogens is 4. The van der Waals surface area contributed by atoms with Gasteiger partial charge in [0.05, 0.1) is 0 Å². The van der Waals surface area contributed by atoms with Gasteiger partial charge in [-0.25, -0.2) is 9.18 Å². The van der Waals surface area contributed by atoms with Crippen molar-refractivity contribution < 1.29 is 27.5 Å². The van der Waals surface area contributed by atoms with Crippen LogP contribution in [0.15, 0.2) is 18.2 Å². The maximum Gasteiger partial charge on any atom is 0.445 e. The van der Waals surface area contributed by atoms with Crippen molar-refractivity contribution in [2.75, 3.05) is 31.1 Å². The van der Waals surface area contributed by atoms with Crippen molar-refractivity contribution in [3.63, 3.8) is 0 Å². The number of piperazine rings is 1. The normalized spacial score (nSPS) is 15.1. The molecule has 2 aromatic rings. The monoisotopic (exact) mass is 405 g/mol. The highest BCUT2D eigenvalue weighted by Crippen LogP contribution is 2.34. The number of phenols is 1. The van der Waals surface area contributed by atoms with Gasteiger partial charge < -0.3 is 20.2 Å². The molecule has 3 rings (SSSR count). The van der Waals surface area contributed by atoms with Gasteiger partial charge in [-0.15, -0.1) is 10.2 Å². The Morgan fingerprint density at radius 1 is 1.22 bits per heavy atom. The van der Waals surface area contributed by atoms with Crippen LogP contribution in [0.2, 0.25) is 0 Å². The van der Waals surface area contributed by atoms with Crippen LogP contribution in [-0.4, -0.2) is 52.4 Å². The molecule has 2 heterocycles. The average molecular weight is 405 g/mol. The van der Waals surface area contributed by atoms with Crippen LogP contribution in [0, 0.1) is 5.82 Å². The van der Waals surface area contributed by atoms with Crippen molar-refractivity contribution in [1.82, 2.24) is 20.4 Å². The molecule has 146 valence electrons. The first kappa shape index (κ1) is 19.1. The standard InChI is InChI=1S/C15H15F4N5O2S/c16-10-7-9(1-2-11(10)25)8-20-13(26)23-3-5-24(6-4-23)14-22-21-12(27-14)15(17,18)19/h1-2,7,25H,3-6,8H2,(H,20,26). The van der Waals surface area contributed by atoms with Crippen molar-refractivity contribution in [1.29, 1.82) is 0 Å². The number of hydrogen-bond acceptors (Lipinski definition) is 6. The molecule has 1 aliphatic rings.